The second-order valence-electron chi connectivity index (χ2n) is 6.09. The molecule has 3 rings (SSSR count). The molecule has 2 saturated heterocycles. The van der Waals surface area contributed by atoms with Crippen molar-refractivity contribution in [3.05, 3.63) is 11.8 Å². The van der Waals surface area contributed by atoms with Crippen molar-refractivity contribution >= 4 is 11.8 Å². The van der Waals surface area contributed by atoms with Crippen LogP contribution in [0.1, 0.15) is 43.7 Å². The summed E-state index contributed by atoms with van der Waals surface area (Å²) in [6.45, 7) is 4.25. The van der Waals surface area contributed by atoms with Crippen LogP contribution in [0.15, 0.2) is 6.07 Å². The lowest BCUT2D eigenvalue weighted by Gasteiger charge is -2.23. The number of nitrogens with zero attached hydrogens (tertiary/aromatic N) is 3. The maximum atomic E-state index is 9.02. The summed E-state index contributed by atoms with van der Waals surface area (Å²) in [6, 6.07) is 2.13. The summed E-state index contributed by atoms with van der Waals surface area (Å²) >= 11 is 0. The van der Waals surface area contributed by atoms with Crippen molar-refractivity contribution in [3.8, 4) is 0 Å². The monoisotopic (exact) mass is 306 g/mol. The third-order valence-corrected chi connectivity index (χ3v) is 4.41. The van der Waals surface area contributed by atoms with Crippen molar-refractivity contribution in [2.75, 3.05) is 49.7 Å². The number of ether oxygens (including phenoxy) is 1. The van der Waals surface area contributed by atoms with Crippen molar-refractivity contribution in [1.29, 1.82) is 0 Å². The van der Waals surface area contributed by atoms with Crippen LogP contribution in [0.25, 0.3) is 0 Å². The number of aliphatic hydroxyl groups is 1. The quantitative estimate of drug-likeness (QED) is 0.864. The van der Waals surface area contributed by atoms with Crippen molar-refractivity contribution in [2.24, 2.45) is 0 Å². The summed E-state index contributed by atoms with van der Waals surface area (Å²) in [4.78, 5) is 11.7. The van der Waals surface area contributed by atoms with Gasteiger partial charge in [-0.25, -0.2) is 4.98 Å². The Hall–Kier alpha value is -1.40. The van der Waals surface area contributed by atoms with Gasteiger partial charge in [0.1, 0.15) is 5.82 Å². The molecule has 0 saturated carbocycles. The van der Waals surface area contributed by atoms with Crippen LogP contribution in [0.4, 0.5) is 11.8 Å². The van der Waals surface area contributed by atoms with Gasteiger partial charge in [-0.1, -0.05) is 12.8 Å². The fourth-order valence-electron chi connectivity index (χ4n) is 3.14. The molecule has 1 aromatic heterocycles. The predicted octanol–water partition coefficient (Wildman–Crippen LogP) is 1.77. The topological polar surface area (TPSA) is 70.5 Å². The standard InChI is InChI=1S/C16H26N4O2/c21-9-6-17-16-18-14(13-5-10-22-12-13)11-15(19-16)20-7-3-1-2-4-8-20/h11,13,21H,1-10,12H2,(H,17,18,19)/t13-/m1/s1. The smallest absolute Gasteiger partial charge is 0.224 e. The molecule has 0 radical (unpaired) electrons. The molecular weight excluding hydrogens is 280 g/mol. The minimum absolute atomic E-state index is 0.0825. The fourth-order valence-corrected chi connectivity index (χ4v) is 3.14. The first-order chi connectivity index (χ1) is 10.9. The number of rotatable bonds is 5. The van der Waals surface area contributed by atoms with Crippen LogP contribution in [-0.4, -0.2) is 54.5 Å². The second-order valence-corrected chi connectivity index (χ2v) is 6.09. The number of nitrogens with one attached hydrogen (secondary N) is 1. The Morgan fingerprint density at radius 2 is 2.05 bits per heavy atom. The van der Waals surface area contributed by atoms with Gasteiger partial charge < -0.3 is 20.1 Å². The van der Waals surface area contributed by atoms with Gasteiger partial charge in [0.2, 0.25) is 5.95 Å². The molecule has 3 heterocycles. The zero-order valence-electron chi connectivity index (χ0n) is 13.1. The average Bonchev–Trinajstić information content (AvgIpc) is 2.95. The Balaban J connectivity index is 1.84. The molecular formula is C16H26N4O2. The van der Waals surface area contributed by atoms with E-state index in [1.807, 2.05) is 0 Å². The van der Waals surface area contributed by atoms with E-state index >= 15 is 0 Å². The maximum absolute atomic E-state index is 9.02. The Morgan fingerprint density at radius 1 is 1.23 bits per heavy atom. The highest BCUT2D eigenvalue weighted by Crippen LogP contribution is 2.28. The van der Waals surface area contributed by atoms with Crippen LogP contribution in [0.2, 0.25) is 0 Å². The molecule has 6 heteroatoms. The van der Waals surface area contributed by atoms with Crippen LogP contribution >= 0.6 is 0 Å². The van der Waals surface area contributed by atoms with Crippen LogP contribution in [0.3, 0.4) is 0 Å². The van der Waals surface area contributed by atoms with Crippen LogP contribution < -0.4 is 10.2 Å². The number of aromatic nitrogens is 2. The number of hydrogen-bond donors (Lipinski definition) is 2. The van der Waals surface area contributed by atoms with Gasteiger partial charge in [0.15, 0.2) is 0 Å². The molecule has 2 aliphatic heterocycles. The maximum Gasteiger partial charge on any atom is 0.224 e. The van der Waals surface area contributed by atoms with Gasteiger partial charge in [0.25, 0.3) is 0 Å². The molecule has 1 atom stereocenters. The number of aliphatic hydroxyl groups excluding tert-OH is 1. The van der Waals surface area contributed by atoms with Gasteiger partial charge in [-0.15, -0.1) is 0 Å². The lowest BCUT2D eigenvalue weighted by atomic mass is 10.0. The highest BCUT2D eigenvalue weighted by molar-refractivity contribution is 5.46. The van der Waals surface area contributed by atoms with E-state index in [1.165, 1.54) is 25.7 Å². The first-order valence-electron chi connectivity index (χ1n) is 8.43. The Morgan fingerprint density at radius 3 is 2.73 bits per heavy atom. The van der Waals surface area contributed by atoms with Gasteiger partial charge >= 0.3 is 0 Å². The Bertz CT molecular complexity index is 469. The third kappa shape index (κ3) is 3.87. The second kappa shape index (κ2) is 7.74. The molecule has 0 spiro atoms. The predicted molar refractivity (Wildman–Crippen MR) is 86.5 cm³/mol. The van der Waals surface area contributed by atoms with E-state index in [1.54, 1.807) is 0 Å². The van der Waals surface area contributed by atoms with Gasteiger partial charge in [-0.3, -0.25) is 0 Å². The molecule has 2 aliphatic rings. The summed E-state index contributed by atoms with van der Waals surface area (Å²) in [5, 5.41) is 12.1. The van der Waals surface area contributed by atoms with E-state index in [0.29, 0.717) is 18.4 Å². The average molecular weight is 306 g/mol. The normalized spacial score (nSPS) is 22.6. The van der Waals surface area contributed by atoms with E-state index in [-0.39, 0.29) is 6.61 Å². The zero-order valence-corrected chi connectivity index (χ0v) is 13.1. The lowest BCUT2D eigenvalue weighted by molar-refractivity contribution is 0.193. The number of anilines is 2. The first kappa shape index (κ1) is 15.5. The summed E-state index contributed by atoms with van der Waals surface area (Å²) in [7, 11) is 0. The van der Waals surface area contributed by atoms with E-state index in [2.05, 4.69) is 26.3 Å². The van der Waals surface area contributed by atoms with Gasteiger partial charge in [0, 0.05) is 38.2 Å². The molecule has 22 heavy (non-hydrogen) atoms. The van der Waals surface area contributed by atoms with E-state index < -0.39 is 0 Å². The van der Waals surface area contributed by atoms with Gasteiger partial charge in [-0.05, 0) is 19.3 Å². The molecule has 1 aromatic rings. The van der Waals surface area contributed by atoms with Crippen LogP contribution in [0.5, 0.6) is 0 Å². The highest BCUT2D eigenvalue weighted by Gasteiger charge is 2.22. The molecule has 0 unspecified atom stereocenters. The summed E-state index contributed by atoms with van der Waals surface area (Å²) < 4.78 is 5.50. The number of hydrogen-bond acceptors (Lipinski definition) is 6. The van der Waals surface area contributed by atoms with E-state index in [9.17, 15) is 0 Å². The lowest BCUT2D eigenvalue weighted by Crippen LogP contribution is -2.26. The molecule has 0 aromatic carbocycles. The molecule has 0 bridgehead atoms. The van der Waals surface area contributed by atoms with Crippen molar-refractivity contribution in [1.82, 2.24) is 9.97 Å². The van der Waals surface area contributed by atoms with E-state index in [0.717, 1.165) is 44.2 Å². The van der Waals surface area contributed by atoms with Crippen LogP contribution in [-0.2, 0) is 4.74 Å². The van der Waals surface area contributed by atoms with Crippen molar-refractivity contribution in [3.63, 3.8) is 0 Å². The summed E-state index contributed by atoms with van der Waals surface area (Å²) in [6.07, 6.45) is 6.09. The summed E-state index contributed by atoms with van der Waals surface area (Å²) in [5.74, 6) is 2.00. The highest BCUT2D eigenvalue weighted by atomic mass is 16.5. The molecule has 0 amide bonds. The molecule has 0 aliphatic carbocycles. The van der Waals surface area contributed by atoms with Crippen molar-refractivity contribution in [2.45, 2.75) is 38.0 Å². The fraction of sp³-hybridized carbons (Fsp3) is 0.750. The van der Waals surface area contributed by atoms with Gasteiger partial charge in [0.05, 0.1) is 18.9 Å². The van der Waals surface area contributed by atoms with E-state index in [4.69, 9.17) is 9.84 Å². The van der Waals surface area contributed by atoms with Crippen molar-refractivity contribution < 1.29 is 9.84 Å². The SMILES string of the molecule is OCCNc1nc([C@@H]2CCOC2)cc(N2CCCCCC2)n1. The Labute approximate surface area is 131 Å². The Kier molecular flexibility index (Phi) is 5.45. The third-order valence-electron chi connectivity index (χ3n) is 4.41. The molecule has 2 N–H and O–H groups in total. The largest absolute Gasteiger partial charge is 0.395 e. The molecule has 6 nitrogen and oxygen atoms in total. The zero-order chi connectivity index (χ0) is 15.2. The summed E-state index contributed by atoms with van der Waals surface area (Å²) in [5.41, 5.74) is 1.06. The molecule has 122 valence electrons. The minimum Gasteiger partial charge on any atom is -0.395 e. The minimum atomic E-state index is 0.0825. The molecule has 2 fully saturated rings. The van der Waals surface area contributed by atoms with Crippen LogP contribution in [0, 0.1) is 0 Å². The first-order valence-corrected chi connectivity index (χ1v) is 8.43. The van der Waals surface area contributed by atoms with Gasteiger partial charge in [-0.2, -0.15) is 4.98 Å².